The zero-order chi connectivity index (χ0) is 26.7. The van der Waals surface area contributed by atoms with Gasteiger partial charge in [0.1, 0.15) is 11.7 Å². The lowest BCUT2D eigenvalue weighted by atomic mass is 9.83. The molecule has 0 radical (unpaired) electrons. The Hall–Kier alpha value is -3.01. The van der Waals surface area contributed by atoms with Crippen LogP contribution in [-0.4, -0.2) is 79.9 Å². The first kappa shape index (κ1) is 27.0. The fourth-order valence-electron chi connectivity index (χ4n) is 5.80. The van der Waals surface area contributed by atoms with Crippen molar-refractivity contribution >= 4 is 23.4 Å². The molecule has 2 N–H and O–H groups in total. The lowest BCUT2D eigenvalue weighted by Crippen LogP contribution is -2.61. The zero-order valence-electron chi connectivity index (χ0n) is 21.9. The van der Waals surface area contributed by atoms with Crippen LogP contribution in [0.4, 0.5) is 14.5 Å². The monoisotopic (exact) mass is 517 g/mol. The van der Waals surface area contributed by atoms with Crippen molar-refractivity contribution in [2.24, 2.45) is 5.92 Å². The average Bonchev–Trinajstić information content (AvgIpc) is 2.88. The van der Waals surface area contributed by atoms with E-state index in [0.717, 1.165) is 38.2 Å². The Kier molecular flexibility index (Phi) is 8.46. The van der Waals surface area contributed by atoms with Gasteiger partial charge in [0.25, 0.3) is 5.91 Å². The first-order chi connectivity index (χ1) is 17.7. The van der Waals surface area contributed by atoms with Gasteiger partial charge in [0.15, 0.2) is 11.6 Å². The lowest BCUT2D eigenvalue weighted by molar-refractivity contribution is -0.145. The molecular weight excluding hydrogens is 480 g/mol. The molecule has 3 amide bonds. The predicted molar refractivity (Wildman–Crippen MR) is 137 cm³/mol. The molecule has 3 aliphatic rings. The van der Waals surface area contributed by atoms with E-state index < -0.39 is 17.7 Å². The number of amides is 3. The largest absolute Gasteiger partial charge is 0.343 e. The number of rotatable bonds is 6. The molecule has 2 aliphatic heterocycles. The molecule has 4 rings (SSSR count). The van der Waals surface area contributed by atoms with Crippen molar-refractivity contribution in [1.29, 1.82) is 0 Å². The third-order valence-corrected chi connectivity index (χ3v) is 7.82. The molecule has 0 spiro atoms. The summed E-state index contributed by atoms with van der Waals surface area (Å²) in [5, 5.41) is 5.81. The number of allylic oxidation sites excluding steroid dienone is 1. The van der Waals surface area contributed by atoms with E-state index >= 15 is 0 Å². The van der Waals surface area contributed by atoms with Gasteiger partial charge >= 0.3 is 0 Å². The summed E-state index contributed by atoms with van der Waals surface area (Å²) in [4.78, 5) is 44.6. The third-order valence-electron chi connectivity index (χ3n) is 7.82. The van der Waals surface area contributed by atoms with Crippen molar-refractivity contribution < 1.29 is 23.2 Å². The predicted octanol–water partition coefficient (Wildman–Crippen LogP) is 2.18. The number of hydrogen-bond donors (Lipinski definition) is 2. The molecule has 1 saturated carbocycles. The SMILES string of the molecule is CNCC(=O)NC(C(=O)N1CCN(C(=O)C2=CCc3cc(F)c(F)cc3N2C)C[C@H]1C)C1CCCCC1. The highest BCUT2D eigenvalue weighted by molar-refractivity contribution is 5.98. The second-order valence-corrected chi connectivity index (χ2v) is 10.4. The van der Waals surface area contributed by atoms with Crippen LogP contribution in [0.2, 0.25) is 0 Å². The van der Waals surface area contributed by atoms with Crippen molar-refractivity contribution in [3.05, 3.63) is 41.1 Å². The van der Waals surface area contributed by atoms with Crippen LogP contribution in [0.1, 0.15) is 44.6 Å². The maximum Gasteiger partial charge on any atom is 0.270 e. The summed E-state index contributed by atoms with van der Waals surface area (Å²) >= 11 is 0. The van der Waals surface area contributed by atoms with E-state index in [0.29, 0.717) is 43.0 Å². The van der Waals surface area contributed by atoms with Gasteiger partial charge in [0.2, 0.25) is 11.8 Å². The normalized spacial score (nSPS) is 21.3. The number of halogens is 2. The molecule has 0 bridgehead atoms. The summed E-state index contributed by atoms with van der Waals surface area (Å²) in [5.41, 5.74) is 1.50. The number of nitrogens with one attached hydrogen (secondary N) is 2. The Morgan fingerprint density at radius 1 is 1.08 bits per heavy atom. The van der Waals surface area contributed by atoms with Gasteiger partial charge in [-0.1, -0.05) is 25.3 Å². The molecule has 1 saturated heterocycles. The van der Waals surface area contributed by atoms with Crippen molar-refractivity contribution in [3.8, 4) is 0 Å². The second-order valence-electron chi connectivity index (χ2n) is 10.4. The lowest BCUT2D eigenvalue weighted by Gasteiger charge is -2.43. The highest BCUT2D eigenvalue weighted by Gasteiger charge is 2.39. The molecule has 1 aliphatic carbocycles. The van der Waals surface area contributed by atoms with Gasteiger partial charge in [-0.15, -0.1) is 0 Å². The molecule has 2 fully saturated rings. The van der Waals surface area contributed by atoms with Crippen LogP contribution in [0.3, 0.4) is 0 Å². The van der Waals surface area contributed by atoms with Gasteiger partial charge in [-0.05, 0) is 50.8 Å². The molecule has 2 atom stereocenters. The Balaban J connectivity index is 1.44. The van der Waals surface area contributed by atoms with Gasteiger partial charge in [-0.3, -0.25) is 14.4 Å². The molecule has 37 heavy (non-hydrogen) atoms. The number of anilines is 1. The van der Waals surface area contributed by atoms with E-state index in [4.69, 9.17) is 0 Å². The minimum atomic E-state index is -0.950. The zero-order valence-corrected chi connectivity index (χ0v) is 21.9. The first-order valence-corrected chi connectivity index (χ1v) is 13.2. The van der Waals surface area contributed by atoms with Crippen LogP contribution in [0.25, 0.3) is 0 Å². The van der Waals surface area contributed by atoms with E-state index in [1.54, 1.807) is 34.9 Å². The van der Waals surface area contributed by atoms with Crippen LogP contribution in [0.15, 0.2) is 23.9 Å². The minimum Gasteiger partial charge on any atom is -0.343 e. The Morgan fingerprint density at radius 3 is 2.46 bits per heavy atom. The smallest absolute Gasteiger partial charge is 0.270 e. The Bertz CT molecular complexity index is 1070. The van der Waals surface area contributed by atoms with Crippen molar-refractivity contribution in [1.82, 2.24) is 20.4 Å². The van der Waals surface area contributed by atoms with E-state index in [-0.39, 0.29) is 36.2 Å². The summed E-state index contributed by atoms with van der Waals surface area (Å²) in [7, 11) is 3.37. The van der Waals surface area contributed by atoms with Gasteiger partial charge in [-0.25, -0.2) is 8.78 Å². The van der Waals surface area contributed by atoms with Crippen molar-refractivity contribution in [2.45, 2.75) is 57.5 Å². The van der Waals surface area contributed by atoms with E-state index in [1.165, 1.54) is 6.07 Å². The molecule has 10 heteroatoms. The van der Waals surface area contributed by atoms with Crippen LogP contribution in [-0.2, 0) is 20.8 Å². The topological polar surface area (TPSA) is 85.0 Å². The Morgan fingerprint density at radius 2 is 1.78 bits per heavy atom. The number of benzene rings is 1. The van der Waals surface area contributed by atoms with E-state index in [2.05, 4.69) is 10.6 Å². The first-order valence-electron chi connectivity index (χ1n) is 13.2. The van der Waals surface area contributed by atoms with E-state index in [9.17, 15) is 23.2 Å². The van der Waals surface area contributed by atoms with Crippen LogP contribution >= 0.6 is 0 Å². The molecule has 1 aromatic rings. The molecule has 8 nitrogen and oxygen atoms in total. The summed E-state index contributed by atoms with van der Waals surface area (Å²) in [6.07, 6.45) is 7.15. The molecule has 1 unspecified atom stereocenters. The Labute approximate surface area is 217 Å². The third kappa shape index (κ3) is 5.79. The number of piperazine rings is 1. The van der Waals surface area contributed by atoms with E-state index in [1.807, 2.05) is 6.92 Å². The van der Waals surface area contributed by atoms with Crippen LogP contribution < -0.4 is 15.5 Å². The summed E-state index contributed by atoms with van der Waals surface area (Å²) in [6.45, 7) is 3.13. The molecule has 2 heterocycles. The summed E-state index contributed by atoms with van der Waals surface area (Å²) < 4.78 is 27.5. The average molecular weight is 518 g/mol. The number of likely N-dealkylation sites (N-methyl/N-ethyl adjacent to an activating group) is 2. The van der Waals surface area contributed by atoms with Crippen LogP contribution in [0.5, 0.6) is 0 Å². The quantitative estimate of drug-likeness (QED) is 0.605. The molecular formula is C27H37F2N5O3. The number of fused-ring (bicyclic) bond motifs is 1. The number of nitrogens with zero attached hydrogens (tertiary/aromatic N) is 3. The van der Waals surface area contributed by atoms with Gasteiger partial charge in [0.05, 0.1) is 6.54 Å². The minimum absolute atomic E-state index is 0.0867. The van der Waals surface area contributed by atoms with Gasteiger partial charge < -0.3 is 25.3 Å². The maximum absolute atomic E-state index is 13.9. The molecule has 1 aromatic carbocycles. The van der Waals surface area contributed by atoms with Crippen molar-refractivity contribution in [2.75, 3.05) is 45.2 Å². The number of hydrogen-bond acceptors (Lipinski definition) is 5. The second kappa shape index (κ2) is 11.6. The number of carbonyl (C=O) groups excluding carboxylic acids is 3. The summed E-state index contributed by atoms with van der Waals surface area (Å²) in [6, 6.07) is 1.50. The summed E-state index contributed by atoms with van der Waals surface area (Å²) in [5.74, 6) is -2.23. The molecule has 202 valence electrons. The van der Waals surface area contributed by atoms with Crippen molar-refractivity contribution in [3.63, 3.8) is 0 Å². The highest BCUT2D eigenvalue weighted by atomic mass is 19.2. The van der Waals surface area contributed by atoms with Gasteiger partial charge in [-0.2, -0.15) is 0 Å². The van der Waals surface area contributed by atoms with Crippen LogP contribution in [0, 0.1) is 17.6 Å². The highest BCUT2D eigenvalue weighted by Crippen LogP contribution is 2.32. The number of carbonyl (C=O) groups is 3. The fraction of sp³-hybridized carbons (Fsp3) is 0.593. The van der Waals surface area contributed by atoms with Gasteiger partial charge in [0, 0.05) is 44.5 Å². The fourth-order valence-corrected chi connectivity index (χ4v) is 5.80. The maximum atomic E-state index is 13.9. The standard InChI is InChI=1S/C27H37F2N5O3/c1-17-16-33(26(36)22-10-9-19-13-20(28)21(29)14-23(19)32(22)3)11-12-34(17)27(37)25(31-24(35)15-30-2)18-7-5-4-6-8-18/h10,13-14,17-18,25,30H,4-9,11-12,15-16H2,1-3H3,(H,31,35)/t17-,25?/m1/s1. The molecule has 0 aromatic heterocycles.